The van der Waals surface area contributed by atoms with Gasteiger partial charge in [0.15, 0.2) is 0 Å². The predicted octanol–water partition coefficient (Wildman–Crippen LogP) is -8.36. The van der Waals surface area contributed by atoms with Gasteiger partial charge in [-0.2, -0.15) is 0 Å². The van der Waals surface area contributed by atoms with Crippen LogP contribution in [-0.2, 0) is 9.09 Å². The van der Waals surface area contributed by atoms with Crippen LogP contribution in [0.3, 0.4) is 0 Å². The van der Waals surface area contributed by atoms with E-state index in [2.05, 4.69) is 4.52 Å². The van der Waals surface area contributed by atoms with Crippen molar-refractivity contribution in [3.05, 3.63) is 0 Å². The number of halogens is 1. The number of hydrogen-bond acceptors (Lipinski definition) is 2. The molecule has 9 heteroatoms. The molecule has 0 spiro atoms. The van der Waals surface area contributed by atoms with E-state index >= 15 is 0 Å². The first kappa shape index (κ1) is 24.5. The summed E-state index contributed by atoms with van der Waals surface area (Å²) in [6, 6.07) is -0.482. The average molecular weight is 267 g/mol. The molecule has 0 unspecified atom stereocenters. The molecule has 0 aliphatic heterocycles. The molecule has 4 nitrogen and oxygen atoms in total. The van der Waals surface area contributed by atoms with E-state index in [1.807, 2.05) is 0 Å². The molecule has 0 aromatic heterocycles. The van der Waals surface area contributed by atoms with Crippen LogP contribution in [0.5, 0.6) is 0 Å². The molecule has 0 aliphatic carbocycles. The van der Waals surface area contributed by atoms with Gasteiger partial charge in [-0.15, -0.1) is 0 Å². The van der Waals surface area contributed by atoms with Crippen LogP contribution >= 0.6 is 19.4 Å². The maximum absolute atomic E-state index is 9.62. The quantitative estimate of drug-likeness (QED) is 0.296. The van der Waals surface area contributed by atoms with E-state index in [0.717, 1.165) is 0 Å². The van der Waals surface area contributed by atoms with Gasteiger partial charge < -0.3 is 14.1 Å². The molecule has 0 amide bonds. The molecule has 0 atom stereocenters. The second-order valence-electron chi connectivity index (χ2n) is 0.729. The van der Waals surface area contributed by atoms with Gasteiger partial charge in [-0.1, -0.05) is 11.6 Å². The first-order valence-electron chi connectivity index (χ1n) is 1.32. The molecule has 0 aromatic carbocycles. The molecule has 10 heavy (non-hydrogen) atoms. The van der Waals surface area contributed by atoms with Crippen LogP contribution in [0.25, 0.3) is 0 Å². The first-order chi connectivity index (χ1) is 3.06. The van der Waals surface area contributed by atoms with Crippen molar-refractivity contribution in [2.75, 3.05) is 6.07 Å². The van der Waals surface area contributed by atoms with E-state index in [9.17, 15) is 4.57 Å². The summed E-state index contributed by atoms with van der Waals surface area (Å²) in [7, 11) is -4.30. The van der Waals surface area contributed by atoms with Crippen LogP contribution in [0.2, 0.25) is 0 Å². The fourth-order valence-electron chi connectivity index (χ4n) is 0.0636. The summed E-state index contributed by atoms with van der Waals surface area (Å²) in [5.41, 5.74) is 0. The van der Waals surface area contributed by atoms with Crippen LogP contribution in [0, 0.1) is 0 Å². The smallest absolute Gasteiger partial charge is 1.00 e. The van der Waals surface area contributed by atoms with Crippen molar-refractivity contribution in [3.63, 3.8) is 0 Å². The molecule has 0 fully saturated rings. The third-order valence-corrected chi connectivity index (χ3v) is 0.944. The summed E-state index contributed by atoms with van der Waals surface area (Å²) in [6.45, 7) is 0. The fraction of sp³-hybridized carbons (Fsp3) is 1.00. The van der Waals surface area contributed by atoms with Crippen LogP contribution in [0.15, 0.2) is 0 Å². The fourth-order valence-corrected chi connectivity index (χ4v) is 0.572. The van der Waals surface area contributed by atoms with Crippen LogP contribution < -0.4 is 154 Å². The van der Waals surface area contributed by atoms with Crippen LogP contribution in [0.4, 0.5) is 0 Å². The standard InChI is InChI=1S/CH4ClO4P.3K.3H/c2-1-6-7(3,4)5;;;;;;/h1H2,(H2,3,4,5);;;;;;/q;3*+1;3*-1. The Bertz CT molecular complexity index is 105. The number of alkyl halides is 1. The molecule has 0 heterocycles. The number of phosphoric ester groups is 1. The maximum Gasteiger partial charge on any atom is 1.00 e. The van der Waals surface area contributed by atoms with E-state index in [0.29, 0.717) is 0 Å². The Labute approximate surface area is 197 Å². The van der Waals surface area contributed by atoms with E-state index in [-0.39, 0.29) is 158 Å². The van der Waals surface area contributed by atoms with Gasteiger partial charge in [0.1, 0.15) is 6.07 Å². The van der Waals surface area contributed by atoms with Crippen molar-refractivity contribution < 1.29 is 177 Å². The number of rotatable bonds is 2. The Morgan fingerprint density at radius 1 is 1.40 bits per heavy atom. The van der Waals surface area contributed by atoms with Gasteiger partial charge in [0.25, 0.3) is 0 Å². The maximum atomic E-state index is 9.62. The summed E-state index contributed by atoms with van der Waals surface area (Å²) in [6.07, 6.45) is 0. The van der Waals surface area contributed by atoms with Crippen LogP contribution in [-0.4, -0.2) is 15.9 Å². The minimum absolute atomic E-state index is 0. The van der Waals surface area contributed by atoms with Crippen LogP contribution in [0.1, 0.15) is 4.28 Å². The Kier molecular flexibility index (Phi) is 35.1. The molecule has 0 aromatic rings. The van der Waals surface area contributed by atoms with Crippen molar-refractivity contribution in [1.29, 1.82) is 0 Å². The molecular weight excluding hydrogens is 260 g/mol. The summed E-state index contributed by atoms with van der Waals surface area (Å²) in [5, 5.41) is 0. The van der Waals surface area contributed by atoms with E-state index in [1.54, 1.807) is 0 Å². The zero-order valence-electron chi connectivity index (χ0n) is 9.24. The summed E-state index contributed by atoms with van der Waals surface area (Å²) < 4.78 is 13.3. The van der Waals surface area contributed by atoms with E-state index in [1.165, 1.54) is 0 Å². The Morgan fingerprint density at radius 3 is 1.70 bits per heavy atom. The molecule has 50 valence electrons. The number of hydrogen-bond donors (Lipinski definition) is 2. The zero-order chi connectivity index (χ0) is 5.91. The first-order valence-corrected chi connectivity index (χ1v) is 3.39. The Morgan fingerprint density at radius 2 is 1.70 bits per heavy atom. The van der Waals surface area contributed by atoms with Gasteiger partial charge in [0.2, 0.25) is 0 Å². The molecule has 2 N–H and O–H groups in total. The molecule has 0 saturated carbocycles. The molecule has 0 saturated heterocycles. The summed E-state index contributed by atoms with van der Waals surface area (Å²) in [4.78, 5) is 15.6. The van der Waals surface area contributed by atoms with Gasteiger partial charge in [-0.3, -0.25) is 4.52 Å². The van der Waals surface area contributed by atoms with E-state index in [4.69, 9.17) is 21.4 Å². The van der Waals surface area contributed by atoms with Gasteiger partial charge in [-0.25, -0.2) is 4.57 Å². The molecular formula is CH7ClK3O4P. The zero-order valence-corrected chi connectivity index (χ0v) is 17.3. The van der Waals surface area contributed by atoms with Crippen molar-refractivity contribution in [3.8, 4) is 0 Å². The third kappa shape index (κ3) is 23.3. The second kappa shape index (κ2) is 14.3. The second-order valence-corrected chi connectivity index (χ2v) is 2.19. The largest absolute Gasteiger partial charge is 1.00 e. The average Bonchev–Trinajstić information content (AvgIpc) is 1.30. The van der Waals surface area contributed by atoms with Crippen molar-refractivity contribution >= 4 is 19.4 Å². The van der Waals surface area contributed by atoms with Gasteiger partial charge >= 0.3 is 162 Å². The predicted molar refractivity (Wildman–Crippen MR) is 27.2 cm³/mol. The normalized spacial score (nSPS) is 8.30. The molecule has 0 bridgehead atoms. The minimum Gasteiger partial charge on any atom is -1.00 e. The monoisotopic (exact) mass is 266 g/mol. The van der Waals surface area contributed by atoms with Gasteiger partial charge in [-0.05, 0) is 0 Å². The Hall–Kier alpha value is 5.31. The number of phosphoric acid groups is 1. The van der Waals surface area contributed by atoms with Crippen molar-refractivity contribution in [2.24, 2.45) is 0 Å². The molecule has 0 aliphatic rings. The molecule has 0 radical (unpaired) electrons. The topological polar surface area (TPSA) is 66.8 Å². The Balaban J connectivity index is -0.0000000120. The minimum atomic E-state index is -4.30. The van der Waals surface area contributed by atoms with Crippen molar-refractivity contribution in [2.45, 2.75) is 0 Å². The molecule has 0 rings (SSSR count). The van der Waals surface area contributed by atoms with Gasteiger partial charge in [0, 0.05) is 0 Å². The summed E-state index contributed by atoms with van der Waals surface area (Å²) >= 11 is 4.77. The van der Waals surface area contributed by atoms with E-state index < -0.39 is 13.9 Å². The summed E-state index contributed by atoms with van der Waals surface area (Å²) in [5.74, 6) is 0. The van der Waals surface area contributed by atoms with Gasteiger partial charge in [0.05, 0.1) is 0 Å². The third-order valence-electron chi connectivity index (χ3n) is 0.217. The van der Waals surface area contributed by atoms with Crippen molar-refractivity contribution in [1.82, 2.24) is 0 Å². The SMILES string of the molecule is O=P(O)(O)OCCl.[H-].[H-].[H-].[K+].[K+].[K+].